The second-order valence-electron chi connectivity index (χ2n) is 7.22. The normalized spacial score (nSPS) is 25.6. The molecule has 9 heteroatoms. The average Bonchev–Trinajstić information content (AvgIpc) is 3.08. The van der Waals surface area contributed by atoms with Crippen molar-refractivity contribution in [2.45, 2.75) is 71.3 Å². The van der Waals surface area contributed by atoms with Crippen molar-refractivity contribution < 1.29 is 33.4 Å². The summed E-state index contributed by atoms with van der Waals surface area (Å²) in [5, 5.41) is 0. The first-order valence-corrected chi connectivity index (χ1v) is 10.3. The minimum Gasteiger partial charge on any atom is -0.463 e. The van der Waals surface area contributed by atoms with Crippen LogP contribution >= 0.6 is 0 Å². The van der Waals surface area contributed by atoms with Crippen LogP contribution in [0.25, 0.3) is 0 Å². The van der Waals surface area contributed by atoms with E-state index in [2.05, 4.69) is 0 Å². The number of allylic oxidation sites excluding steroid dienone is 1. The first-order valence-electron chi connectivity index (χ1n) is 10.3. The first kappa shape index (κ1) is 23.6. The molecular weight excluding hydrogens is 392 g/mol. The largest absolute Gasteiger partial charge is 0.463 e. The van der Waals surface area contributed by atoms with Gasteiger partial charge in [0.15, 0.2) is 0 Å². The molecule has 0 unspecified atom stereocenters. The number of hydrogen-bond donors (Lipinski definition) is 1. The number of amides is 1. The summed E-state index contributed by atoms with van der Waals surface area (Å²) in [5.41, 5.74) is 5.80. The molecule has 2 aliphatic heterocycles. The molecule has 2 heterocycles. The molecule has 2 N–H and O–H groups in total. The maximum absolute atomic E-state index is 12.3. The van der Waals surface area contributed by atoms with Crippen LogP contribution in [-0.4, -0.2) is 53.6 Å². The molecule has 0 aromatic rings. The number of esters is 2. The highest BCUT2D eigenvalue weighted by molar-refractivity contribution is 5.92. The molecule has 0 aliphatic carbocycles. The van der Waals surface area contributed by atoms with Gasteiger partial charge in [0.1, 0.15) is 30.8 Å². The average molecular weight is 422 g/mol. The van der Waals surface area contributed by atoms with Crippen LogP contribution in [0.2, 0.25) is 0 Å². The zero-order valence-corrected chi connectivity index (χ0v) is 17.7. The molecule has 2 aliphatic rings. The molecule has 0 bridgehead atoms. The van der Waals surface area contributed by atoms with Crippen LogP contribution in [0.1, 0.15) is 52.9 Å². The van der Waals surface area contributed by atoms with Crippen molar-refractivity contribution in [3.63, 3.8) is 0 Å². The molecule has 0 radical (unpaired) electrons. The Balaban J connectivity index is 2.34. The van der Waals surface area contributed by atoms with Gasteiger partial charge in [0.25, 0.3) is 0 Å². The monoisotopic (exact) mass is 422 g/mol. The van der Waals surface area contributed by atoms with Crippen LogP contribution in [0.5, 0.6) is 0 Å². The molecule has 4 atom stereocenters. The van der Waals surface area contributed by atoms with Gasteiger partial charge in [0.05, 0.1) is 5.92 Å². The SMILES string of the molecule is CCC(=O)C[C@@H]1[C@H](OC(=O)CC)[C@@H](COC(=O)CC)O[C@H]1N1C=CCC(C(N)=O)=C1. The summed E-state index contributed by atoms with van der Waals surface area (Å²) in [6, 6.07) is 0. The molecule has 1 amide bonds. The maximum Gasteiger partial charge on any atom is 0.305 e. The number of rotatable bonds is 10. The van der Waals surface area contributed by atoms with Crippen molar-refractivity contribution in [1.29, 1.82) is 0 Å². The van der Waals surface area contributed by atoms with Gasteiger partial charge in [-0.1, -0.05) is 26.8 Å². The van der Waals surface area contributed by atoms with Crippen molar-refractivity contribution in [3.05, 3.63) is 24.0 Å². The predicted molar refractivity (Wildman–Crippen MR) is 106 cm³/mol. The van der Waals surface area contributed by atoms with E-state index in [9.17, 15) is 19.2 Å². The zero-order chi connectivity index (χ0) is 22.3. The molecule has 1 saturated heterocycles. The Morgan fingerprint density at radius 1 is 1.13 bits per heavy atom. The third-order valence-electron chi connectivity index (χ3n) is 5.11. The van der Waals surface area contributed by atoms with E-state index in [0.717, 1.165) is 0 Å². The Morgan fingerprint density at radius 3 is 2.43 bits per heavy atom. The highest BCUT2D eigenvalue weighted by atomic mass is 16.6. The number of primary amides is 1. The van der Waals surface area contributed by atoms with Crippen LogP contribution in [0.15, 0.2) is 24.0 Å². The van der Waals surface area contributed by atoms with E-state index in [1.54, 1.807) is 44.1 Å². The van der Waals surface area contributed by atoms with Gasteiger partial charge < -0.3 is 24.8 Å². The van der Waals surface area contributed by atoms with Gasteiger partial charge in [-0.2, -0.15) is 0 Å². The third kappa shape index (κ3) is 5.91. The summed E-state index contributed by atoms with van der Waals surface area (Å²) >= 11 is 0. The fourth-order valence-corrected chi connectivity index (χ4v) is 3.42. The number of carbonyl (C=O) groups is 4. The molecule has 0 aromatic carbocycles. The van der Waals surface area contributed by atoms with Crippen molar-refractivity contribution in [3.8, 4) is 0 Å². The second kappa shape index (κ2) is 10.9. The van der Waals surface area contributed by atoms with E-state index in [1.165, 1.54) is 0 Å². The zero-order valence-electron chi connectivity index (χ0n) is 17.7. The topological polar surface area (TPSA) is 125 Å². The molecule has 1 fully saturated rings. The highest BCUT2D eigenvalue weighted by Gasteiger charge is 2.49. The van der Waals surface area contributed by atoms with E-state index in [1.807, 2.05) is 0 Å². The third-order valence-corrected chi connectivity index (χ3v) is 5.11. The van der Waals surface area contributed by atoms with Gasteiger partial charge in [-0.3, -0.25) is 19.2 Å². The number of hydrogen-bond acceptors (Lipinski definition) is 8. The molecule has 30 heavy (non-hydrogen) atoms. The predicted octanol–water partition coefficient (Wildman–Crippen LogP) is 1.56. The van der Waals surface area contributed by atoms with Crippen molar-refractivity contribution in [2.75, 3.05) is 6.61 Å². The molecule has 0 saturated carbocycles. The Bertz CT molecular complexity index is 731. The van der Waals surface area contributed by atoms with Crippen molar-refractivity contribution in [1.82, 2.24) is 4.90 Å². The molecule has 0 aromatic heterocycles. The van der Waals surface area contributed by atoms with E-state index in [0.29, 0.717) is 18.4 Å². The number of nitrogens with two attached hydrogens (primary N) is 1. The Hall–Kier alpha value is -2.68. The summed E-state index contributed by atoms with van der Waals surface area (Å²) in [5.74, 6) is -1.92. The van der Waals surface area contributed by atoms with Gasteiger partial charge in [0.2, 0.25) is 5.91 Å². The van der Waals surface area contributed by atoms with Gasteiger partial charge in [-0.25, -0.2) is 0 Å². The van der Waals surface area contributed by atoms with Gasteiger partial charge in [-0.05, 0) is 6.42 Å². The summed E-state index contributed by atoms with van der Waals surface area (Å²) in [7, 11) is 0. The number of nitrogens with zero attached hydrogens (tertiary/aromatic N) is 1. The lowest BCUT2D eigenvalue weighted by atomic mass is 9.92. The van der Waals surface area contributed by atoms with Crippen LogP contribution in [0, 0.1) is 5.92 Å². The molecule has 0 spiro atoms. The fourth-order valence-electron chi connectivity index (χ4n) is 3.42. The standard InChI is InChI=1S/C21H30N2O7/c1-4-14(24)10-15-19(30-18(26)6-3)16(12-28-17(25)5-2)29-21(15)23-9-7-8-13(11-23)20(22)27/h7,9,11,15-16,19,21H,4-6,8,10,12H2,1-3H3,(H2,22,27)/t15-,16-,19+,21-/m1/s1. The smallest absolute Gasteiger partial charge is 0.305 e. The molecule has 2 rings (SSSR count). The quantitative estimate of drug-likeness (QED) is 0.526. The summed E-state index contributed by atoms with van der Waals surface area (Å²) in [6.45, 7) is 4.99. The molecular formula is C21H30N2O7. The summed E-state index contributed by atoms with van der Waals surface area (Å²) in [4.78, 5) is 49.3. The molecule has 166 valence electrons. The minimum absolute atomic E-state index is 0.0163. The van der Waals surface area contributed by atoms with Crippen LogP contribution in [0.4, 0.5) is 0 Å². The van der Waals surface area contributed by atoms with Gasteiger partial charge in [0, 0.05) is 43.7 Å². The lowest BCUT2D eigenvalue weighted by molar-refractivity contribution is -0.159. The van der Waals surface area contributed by atoms with Crippen LogP contribution in [-0.2, 0) is 33.4 Å². The Kier molecular flexibility index (Phi) is 8.58. The molecule has 9 nitrogen and oxygen atoms in total. The number of ketones is 1. The van der Waals surface area contributed by atoms with Crippen LogP contribution in [0.3, 0.4) is 0 Å². The van der Waals surface area contributed by atoms with E-state index in [-0.39, 0.29) is 31.7 Å². The lowest BCUT2D eigenvalue weighted by Gasteiger charge is -2.31. The minimum atomic E-state index is -0.775. The Labute approximate surface area is 176 Å². The second-order valence-corrected chi connectivity index (χ2v) is 7.22. The highest BCUT2D eigenvalue weighted by Crippen LogP contribution is 2.36. The number of carbonyl (C=O) groups excluding carboxylic acids is 4. The maximum atomic E-state index is 12.3. The van der Waals surface area contributed by atoms with Crippen molar-refractivity contribution >= 4 is 23.6 Å². The fraction of sp³-hybridized carbons (Fsp3) is 0.619. The summed E-state index contributed by atoms with van der Waals surface area (Å²) < 4.78 is 17.0. The number of Topliss-reactive ketones (excluding diaryl/α,β-unsaturated/α-hetero) is 1. The van der Waals surface area contributed by atoms with E-state index < -0.39 is 42.2 Å². The van der Waals surface area contributed by atoms with E-state index >= 15 is 0 Å². The van der Waals surface area contributed by atoms with Gasteiger partial charge in [-0.15, -0.1) is 0 Å². The van der Waals surface area contributed by atoms with Gasteiger partial charge >= 0.3 is 11.9 Å². The number of ether oxygens (including phenoxy) is 3. The summed E-state index contributed by atoms with van der Waals surface area (Å²) in [6.07, 6.45) is 4.07. The van der Waals surface area contributed by atoms with E-state index in [4.69, 9.17) is 19.9 Å². The lowest BCUT2D eigenvalue weighted by Crippen LogP contribution is -2.39. The first-order chi connectivity index (χ1) is 14.3. The van der Waals surface area contributed by atoms with Crippen LogP contribution < -0.4 is 5.73 Å². The van der Waals surface area contributed by atoms with Crippen molar-refractivity contribution in [2.24, 2.45) is 11.7 Å². The Morgan fingerprint density at radius 2 is 1.83 bits per heavy atom.